The average molecular weight is 320 g/mol. The Labute approximate surface area is 122 Å². The third kappa shape index (κ3) is 4.16. The highest BCUT2D eigenvalue weighted by Crippen LogP contribution is 2.18. The summed E-state index contributed by atoms with van der Waals surface area (Å²) in [5, 5.41) is 12.4. The van der Waals surface area contributed by atoms with E-state index in [0.29, 0.717) is 0 Å². The molecule has 2 aromatic carbocycles. The minimum absolute atomic E-state index is 0.101. The fourth-order valence-corrected chi connectivity index (χ4v) is 2.53. The van der Waals surface area contributed by atoms with Gasteiger partial charge in [0.15, 0.2) is 0 Å². The van der Waals surface area contributed by atoms with E-state index in [9.17, 15) is 0 Å². The van der Waals surface area contributed by atoms with Crippen LogP contribution in [0.5, 0.6) is 0 Å². The van der Waals surface area contributed by atoms with Crippen molar-refractivity contribution in [3.63, 3.8) is 0 Å². The standard InChI is InChI=1S/C16H18BrNO/c1-12-2-7-15(16(17)8-12)10-18-9-13-3-5-14(11-19)6-4-13/h2-8,18-19H,9-11H2,1H3. The lowest BCUT2D eigenvalue weighted by Crippen LogP contribution is -2.13. The average Bonchev–Trinajstić information content (AvgIpc) is 2.42. The second kappa shape index (κ2) is 6.85. The first-order valence-corrected chi connectivity index (χ1v) is 7.13. The molecular formula is C16H18BrNO. The van der Waals surface area contributed by atoms with Gasteiger partial charge >= 0.3 is 0 Å². The van der Waals surface area contributed by atoms with Crippen LogP contribution in [0.4, 0.5) is 0 Å². The van der Waals surface area contributed by atoms with Gasteiger partial charge in [0, 0.05) is 17.6 Å². The molecule has 0 saturated carbocycles. The number of rotatable bonds is 5. The van der Waals surface area contributed by atoms with Crippen molar-refractivity contribution in [3.05, 3.63) is 69.2 Å². The van der Waals surface area contributed by atoms with Crippen molar-refractivity contribution in [2.75, 3.05) is 0 Å². The molecule has 0 unspecified atom stereocenters. The third-order valence-corrected chi connectivity index (χ3v) is 3.80. The van der Waals surface area contributed by atoms with Gasteiger partial charge < -0.3 is 10.4 Å². The van der Waals surface area contributed by atoms with Crippen LogP contribution in [0, 0.1) is 6.92 Å². The monoisotopic (exact) mass is 319 g/mol. The second-order valence-corrected chi connectivity index (χ2v) is 5.53. The molecular weight excluding hydrogens is 302 g/mol. The van der Waals surface area contributed by atoms with Gasteiger partial charge in [0.05, 0.1) is 6.61 Å². The van der Waals surface area contributed by atoms with E-state index in [4.69, 9.17) is 5.11 Å². The van der Waals surface area contributed by atoms with E-state index in [2.05, 4.69) is 46.4 Å². The van der Waals surface area contributed by atoms with Gasteiger partial charge in [-0.3, -0.25) is 0 Å². The molecule has 3 heteroatoms. The first kappa shape index (κ1) is 14.3. The van der Waals surface area contributed by atoms with Crippen molar-refractivity contribution < 1.29 is 5.11 Å². The summed E-state index contributed by atoms with van der Waals surface area (Å²) in [7, 11) is 0. The van der Waals surface area contributed by atoms with Crippen LogP contribution >= 0.6 is 15.9 Å². The molecule has 0 spiro atoms. The highest BCUT2D eigenvalue weighted by molar-refractivity contribution is 9.10. The summed E-state index contributed by atoms with van der Waals surface area (Å²) in [5.74, 6) is 0. The van der Waals surface area contributed by atoms with Crippen molar-refractivity contribution in [2.45, 2.75) is 26.6 Å². The van der Waals surface area contributed by atoms with Crippen LogP contribution in [0.15, 0.2) is 46.9 Å². The van der Waals surface area contributed by atoms with Gasteiger partial charge in [-0.1, -0.05) is 52.3 Å². The molecule has 2 N–H and O–H groups in total. The molecule has 0 bridgehead atoms. The van der Waals surface area contributed by atoms with E-state index in [1.807, 2.05) is 24.3 Å². The normalized spacial score (nSPS) is 10.7. The molecule has 0 amide bonds. The third-order valence-electron chi connectivity index (χ3n) is 3.06. The zero-order chi connectivity index (χ0) is 13.7. The number of hydrogen-bond acceptors (Lipinski definition) is 2. The molecule has 0 radical (unpaired) electrons. The molecule has 19 heavy (non-hydrogen) atoms. The highest BCUT2D eigenvalue weighted by atomic mass is 79.9. The molecule has 0 atom stereocenters. The van der Waals surface area contributed by atoms with Gasteiger partial charge in [-0.05, 0) is 35.2 Å². The number of aryl methyl sites for hydroxylation is 1. The van der Waals surface area contributed by atoms with Gasteiger partial charge in [0.2, 0.25) is 0 Å². The van der Waals surface area contributed by atoms with Gasteiger partial charge in [0.1, 0.15) is 0 Å². The summed E-state index contributed by atoms with van der Waals surface area (Å²) in [5.41, 5.74) is 4.69. The number of nitrogens with one attached hydrogen (secondary N) is 1. The molecule has 100 valence electrons. The van der Waals surface area contributed by atoms with Crippen molar-refractivity contribution in [1.29, 1.82) is 0 Å². The summed E-state index contributed by atoms with van der Waals surface area (Å²) in [6, 6.07) is 14.4. The molecule has 0 heterocycles. The van der Waals surface area contributed by atoms with E-state index in [-0.39, 0.29) is 6.61 Å². The summed E-state index contributed by atoms with van der Waals surface area (Å²) < 4.78 is 1.15. The Balaban J connectivity index is 1.88. The molecule has 2 rings (SSSR count). The SMILES string of the molecule is Cc1ccc(CNCc2ccc(CO)cc2)c(Br)c1. The Bertz CT molecular complexity index is 537. The number of aliphatic hydroxyl groups is 1. The first-order valence-electron chi connectivity index (χ1n) is 6.33. The zero-order valence-electron chi connectivity index (χ0n) is 11.0. The van der Waals surface area contributed by atoms with Crippen LogP contribution in [0.2, 0.25) is 0 Å². The quantitative estimate of drug-likeness (QED) is 0.883. The van der Waals surface area contributed by atoms with Crippen LogP contribution in [-0.2, 0) is 19.7 Å². The van der Waals surface area contributed by atoms with Gasteiger partial charge in [0.25, 0.3) is 0 Å². The van der Waals surface area contributed by atoms with E-state index in [0.717, 1.165) is 23.1 Å². The van der Waals surface area contributed by atoms with Crippen LogP contribution in [-0.4, -0.2) is 5.11 Å². The maximum Gasteiger partial charge on any atom is 0.0681 e. The Morgan fingerprint density at radius 3 is 2.32 bits per heavy atom. The number of benzene rings is 2. The smallest absolute Gasteiger partial charge is 0.0681 e. The molecule has 0 saturated heterocycles. The molecule has 0 aliphatic carbocycles. The minimum Gasteiger partial charge on any atom is -0.392 e. The second-order valence-electron chi connectivity index (χ2n) is 4.67. The van der Waals surface area contributed by atoms with Crippen molar-refractivity contribution >= 4 is 15.9 Å². The molecule has 0 aliphatic rings. The molecule has 2 aromatic rings. The number of hydrogen-bond donors (Lipinski definition) is 2. The summed E-state index contributed by atoms with van der Waals surface area (Å²) in [4.78, 5) is 0. The zero-order valence-corrected chi connectivity index (χ0v) is 12.6. The van der Waals surface area contributed by atoms with Crippen LogP contribution in [0.3, 0.4) is 0 Å². The maximum atomic E-state index is 8.99. The van der Waals surface area contributed by atoms with Crippen LogP contribution < -0.4 is 5.32 Å². The largest absolute Gasteiger partial charge is 0.392 e. The lowest BCUT2D eigenvalue weighted by Gasteiger charge is -2.08. The fraction of sp³-hybridized carbons (Fsp3) is 0.250. The number of halogens is 1. The number of aliphatic hydroxyl groups excluding tert-OH is 1. The summed E-state index contributed by atoms with van der Waals surface area (Å²) in [6.07, 6.45) is 0. The van der Waals surface area contributed by atoms with E-state index in [1.165, 1.54) is 16.7 Å². The van der Waals surface area contributed by atoms with Crippen molar-refractivity contribution in [2.24, 2.45) is 0 Å². The minimum atomic E-state index is 0.101. The lowest BCUT2D eigenvalue weighted by atomic mass is 10.1. The van der Waals surface area contributed by atoms with Crippen molar-refractivity contribution in [3.8, 4) is 0 Å². The topological polar surface area (TPSA) is 32.3 Å². The maximum absolute atomic E-state index is 8.99. The molecule has 0 aromatic heterocycles. The molecule has 0 aliphatic heterocycles. The van der Waals surface area contributed by atoms with Gasteiger partial charge in [-0.15, -0.1) is 0 Å². The Morgan fingerprint density at radius 1 is 1.00 bits per heavy atom. The molecule has 0 fully saturated rings. The van der Waals surface area contributed by atoms with Gasteiger partial charge in [-0.25, -0.2) is 0 Å². The predicted molar refractivity (Wildman–Crippen MR) is 81.8 cm³/mol. The van der Waals surface area contributed by atoms with E-state index < -0.39 is 0 Å². The highest BCUT2D eigenvalue weighted by Gasteiger charge is 2.00. The summed E-state index contributed by atoms with van der Waals surface area (Å²) in [6.45, 7) is 3.85. The first-order chi connectivity index (χ1) is 9.19. The van der Waals surface area contributed by atoms with E-state index in [1.54, 1.807) is 0 Å². The Kier molecular flexibility index (Phi) is 5.14. The van der Waals surface area contributed by atoms with Crippen LogP contribution in [0.25, 0.3) is 0 Å². The molecule has 2 nitrogen and oxygen atoms in total. The predicted octanol–water partition coefficient (Wildman–Crippen LogP) is 3.54. The lowest BCUT2D eigenvalue weighted by molar-refractivity contribution is 0.282. The fourth-order valence-electron chi connectivity index (χ4n) is 1.90. The summed E-state index contributed by atoms with van der Waals surface area (Å²) >= 11 is 3.58. The Hall–Kier alpha value is -1.16. The van der Waals surface area contributed by atoms with Gasteiger partial charge in [-0.2, -0.15) is 0 Å². The van der Waals surface area contributed by atoms with Crippen LogP contribution in [0.1, 0.15) is 22.3 Å². The van der Waals surface area contributed by atoms with E-state index >= 15 is 0 Å². The Morgan fingerprint density at radius 2 is 1.68 bits per heavy atom. The van der Waals surface area contributed by atoms with Crippen molar-refractivity contribution in [1.82, 2.24) is 5.32 Å².